The van der Waals surface area contributed by atoms with E-state index in [1.165, 1.54) is 12.0 Å². The molecule has 0 saturated heterocycles. The molecule has 2 nitrogen and oxygen atoms in total. The second-order valence-electron chi connectivity index (χ2n) is 5.48. The first kappa shape index (κ1) is 15.6. The normalized spacial score (nSPS) is 12.1. The molecule has 112 valence electrons. The van der Waals surface area contributed by atoms with E-state index in [9.17, 15) is 0 Å². The summed E-state index contributed by atoms with van der Waals surface area (Å²) in [4.78, 5) is 0. The Morgan fingerprint density at radius 1 is 1.00 bits per heavy atom. The third-order valence-corrected chi connectivity index (χ3v) is 3.41. The maximum absolute atomic E-state index is 6.04. The third-order valence-electron chi connectivity index (χ3n) is 3.41. The molecule has 2 rings (SSSR count). The lowest BCUT2D eigenvalue weighted by Gasteiger charge is -2.16. The summed E-state index contributed by atoms with van der Waals surface area (Å²) in [5.41, 5.74) is 2.36. The molecule has 0 amide bonds. The van der Waals surface area contributed by atoms with Gasteiger partial charge in [-0.05, 0) is 24.6 Å². The fraction of sp³-hybridized carbons (Fsp3) is 0.368. The van der Waals surface area contributed by atoms with Crippen molar-refractivity contribution < 1.29 is 4.74 Å². The van der Waals surface area contributed by atoms with Crippen molar-refractivity contribution in [3.05, 3.63) is 54.6 Å². The highest BCUT2D eigenvalue weighted by Crippen LogP contribution is 2.29. The molecule has 0 fully saturated rings. The number of hydrogen-bond donors (Lipinski definition) is 1. The van der Waals surface area contributed by atoms with Crippen LogP contribution in [0.3, 0.4) is 0 Å². The molecule has 0 heterocycles. The van der Waals surface area contributed by atoms with E-state index in [-0.39, 0.29) is 0 Å². The van der Waals surface area contributed by atoms with Gasteiger partial charge in [0.1, 0.15) is 5.75 Å². The summed E-state index contributed by atoms with van der Waals surface area (Å²) >= 11 is 0. The van der Waals surface area contributed by atoms with Gasteiger partial charge in [-0.2, -0.15) is 0 Å². The van der Waals surface area contributed by atoms with Gasteiger partial charge in [-0.25, -0.2) is 0 Å². The van der Waals surface area contributed by atoms with E-state index < -0.39 is 0 Å². The summed E-state index contributed by atoms with van der Waals surface area (Å²) < 4.78 is 6.04. The molecule has 0 saturated carbocycles. The molecular weight excluding hydrogens is 258 g/mol. The van der Waals surface area contributed by atoms with E-state index in [1.54, 1.807) is 0 Å². The third kappa shape index (κ3) is 4.91. The van der Waals surface area contributed by atoms with Crippen LogP contribution in [0.5, 0.6) is 5.75 Å². The molecule has 0 aromatic heterocycles. The zero-order valence-electron chi connectivity index (χ0n) is 13.0. The quantitative estimate of drug-likeness (QED) is 0.726. The number of nitrogens with one attached hydrogen (secondary N) is 1. The second kappa shape index (κ2) is 8.48. The molecule has 0 bridgehead atoms. The zero-order valence-corrected chi connectivity index (χ0v) is 13.0. The number of hydrogen-bond acceptors (Lipinski definition) is 2. The second-order valence-corrected chi connectivity index (χ2v) is 5.48. The lowest BCUT2D eigenvalue weighted by atomic mass is 10.0. The Bertz CT molecular complexity index is 524. The minimum Gasteiger partial charge on any atom is -0.493 e. The van der Waals surface area contributed by atoms with E-state index in [1.807, 2.05) is 12.1 Å². The van der Waals surface area contributed by atoms with Crippen LogP contribution in [0.25, 0.3) is 11.1 Å². The van der Waals surface area contributed by atoms with Crippen molar-refractivity contribution in [3.63, 3.8) is 0 Å². The van der Waals surface area contributed by atoms with E-state index in [2.05, 4.69) is 61.6 Å². The smallest absolute Gasteiger partial charge is 0.127 e. The van der Waals surface area contributed by atoms with Crippen molar-refractivity contribution >= 4 is 0 Å². The SMILES string of the molecule is CCCNCC(C)COc1ccccc1-c1ccccc1. The summed E-state index contributed by atoms with van der Waals surface area (Å²) in [6.45, 7) is 7.21. The highest BCUT2D eigenvalue weighted by atomic mass is 16.5. The molecule has 21 heavy (non-hydrogen) atoms. The van der Waals surface area contributed by atoms with Gasteiger partial charge in [0.15, 0.2) is 0 Å². The van der Waals surface area contributed by atoms with E-state index in [4.69, 9.17) is 4.74 Å². The standard InChI is InChI=1S/C19H25NO/c1-3-13-20-14-16(2)15-21-19-12-8-7-11-18(19)17-9-5-4-6-10-17/h4-12,16,20H,3,13-15H2,1-2H3. The summed E-state index contributed by atoms with van der Waals surface area (Å²) in [5.74, 6) is 1.46. The predicted octanol–water partition coefficient (Wildman–Crippen LogP) is 4.37. The van der Waals surface area contributed by atoms with Gasteiger partial charge in [0.25, 0.3) is 0 Å². The fourth-order valence-electron chi connectivity index (χ4n) is 2.26. The summed E-state index contributed by atoms with van der Waals surface area (Å²) in [6.07, 6.45) is 1.17. The lowest BCUT2D eigenvalue weighted by molar-refractivity contribution is 0.257. The highest BCUT2D eigenvalue weighted by Gasteiger charge is 2.07. The minimum atomic E-state index is 0.500. The number of benzene rings is 2. The monoisotopic (exact) mass is 283 g/mol. The fourth-order valence-corrected chi connectivity index (χ4v) is 2.26. The van der Waals surface area contributed by atoms with Crippen LogP contribution in [0, 0.1) is 5.92 Å². The Kier molecular flexibility index (Phi) is 6.29. The molecule has 0 aliphatic heterocycles. The van der Waals surface area contributed by atoms with Crippen LogP contribution in [0.2, 0.25) is 0 Å². The van der Waals surface area contributed by atoms with Gasteiger partial charge in [0.2, 0.25) is 0 Å². The number of rotatable bonds is 8. The average Bonchev–Trinajstić information content (AvgIpc) is 2.54. The van der Waals surface area contributed by atoms with Gasteiger partial charge in [0.05, 0.1) is 6.61 Å². The highest BCUT2D eigenvalue weighted by molar-refractivity contribution is 5.70. The Hall–Kier alpha value is -1.80. The van der Waals surface area contributed by atoms with Crippen molar-refractivity contribution in [2.24, 2.45) is 5.92 Å². The molecule has 2 heteroatoms. The molecule has 0 aliphatic rings. The van der Waals surface area contributed by atoms with Crippen molar-refractivity contribution in [1.29, 1.82) is 0 Å². The van der Waals surface area contributed by atoms with Crippen LogP contribution in [-0.2, 0) is 0 Å². The Morgan fingerprint density at radius 2 is 1.71 bits per heavy atom. The van der Waals surface area contributed by atoms with Gasteiger partial charge in [0, 0.05) is 18.0 Å². The van der Waals surface area contributed by atoms with Crippen LogP contribution in [0.15, 0.2) is 54.6 Å². The van der Waals surface area contributed by atoms with Crippen LogP contribution in [0.1, 0.15) is 20.3 Å². The van der Waals surface area contributed by atoms with E-state index in [0.717, 1.165) is 31.0 Å². The van der Waals surface area contributed by atoms with Crippen LogP contribution >= 0.6 is 0 Å². The number of para-hydroxylation sites is 1. The van der Waals surface area contributed by atoms with Crippen LogP contribution < -0.4 is 10.1 Å². The first-order valence-electron chi connectivity index (χ1n) is 7.79. The van der Waals surface area contributed by atoms with Gasteiger partial charge in [-0.15, -0.1) is 0 Å². The average molecular weight is 283 g/mol. The minimum absolute atomic E-state index is 0.500. The molecule has 0 spiro atoms. The first-order valence-corrected chi connectivity index (χ1v) is 7.79. The molecular formula is C19H25NO. The molecule has 1 atom stereocenters. The molecule has 1 unspecified atom stereocenters. The maximum Gasteiger partial charge on any atom is 0.127 e. The van der Waals surface area contributed by atoms with Gasteiger partial charge < -0.3 is 10.1 Å². The summed E-state index contributed by atoms with van der Waals surface area (Å²) in [5, 5.41) is 3.44. The molecule has 2 aromatic rings. The van der Waals surface area contributed by atoms with Crippen molar-refractivity contribution in [2.75, 3.05) is 19.7 Å². The van der Waals surface area contributed by atoms with Crippen molar-refractivity contribution in [2.45, 2.75) is 20.3 Å². The van der Waals surface area contributed by atoms with E-state index in [0.29, 0.717) is 5.92 Å². The van der Waals surface area contributed by atoms with E-state index >= 15 is 0 Å². The Balaban J connectivity index is 1.98. The molecule has 2 aromatic carbocycles. The maximum atomic E-state index is 6.04. The Labute approximate surface area is 128 Å². The lowest BCUT2D eigenvalue weighted by Crippen LogP contribution is -2.25. The molecule has 1 N–H and O–H groups in total. The summed E-state index contributed by atoms with van der Waals surface area (Å²) in [6, 6.07) is 18.6. The first-order chi connectivity index (χ1) is 10.3. The van der Waals surface area contributed by atoms with Crippen molar-refractivity contribution in [1.82, 2.24) is 5.32 Å². The Morgan fingerprint density at radius 3 is 2.48 bits per heavy atom. The molecule has 0 radical (unpaired) electrons. The van der Waals surface area contributed by atoms with Gasteiger partial charge >= 0.3 is 0 Å². The zero-order chi connectivity index (χ0) is 14.9. The van der Waals surface area contributed by atoms with Gasteiger partial charge in [-0.1, -0.05) is 62.4 Å². The van der Waals surface area contributed by atoms with Gasteiger partial charge in [-0.3, -0.25) is 0 Å². The topological polar surface area (TPSA) is 21.3 Å². The number of ether oxygens (including phenoxy) is 1. The summed E-state index contributed by atoms with van der Waals surface area (Å²) in [7, 11) is 0. The van der Waals surface area contributed by atoms with Crippen molar-refractivity contribution in [3.8, 4) is 16.9 Å². The van der Waals surface area contributed by atoms with Crippen LogP contribution in [0.4, 0.5) is 0 Å². The predicted molar refractivity (Wildman–Crippen MR) is 89.7 cm³/mol. The molecule has 0 aliphatic carbocycles. The largest absolute Gasteiger partial charge is 0.493 e. The van der Waals surface area contributed by atoms with Crippen LogP contribution in [-0.4, -0.2) is 19.7 Å².